The van der Waals surface area contributed by atoms with Crippen LogP contribution in [0.5, 0.6) is 0 Å². The van der Waals surface area contributed by atoms with Gasteiger partial charge in [-0.1, -0.05) is 5.11 Å². The van der Waals surface area contributed by atoms with Crippen LogP contribution in [0.1, 0.15) is 36.7 Å². The Hall–Kier alpha value is -1.65. The molecule has 0 aliphatic heterocycles. The van der Waals surface area contributed by atoms with Gasteiger partial charge in [0.15, 0.2) is 0 Å². The fourth-order valence-electron chi connectivity index (χ4n) is 1.38. The summed E-state index contributed by atoms with van der Waals surface area (Å²) in [5.41, 5.74) is 9.22. The number of rotatable bonds is 2. The molecule has 1 rings (SSSR count). The summed E-state index contributed by atoms with van der Waals surface area (Å²) < 4.78 is 5.29. The molecule has 6 heteroatoms. The van der Waals surface area contributed by atoms with Gasteiger partial charge in [0, 0.05) is 15.5 Å². The van der Waals surface area contributed by atoms with Crippen LogP contribution in [0.25, 0.3) is 10.4 Å². The molecule has 0 aromatic heterocycles. The van der Waals surface area contributed by atoms with Crippen LogP contribution < -0.4 is 0 Å². The molecule has 96 valence electrons. The normalized spacial score (nSPS) is 10.7. The van der Waals surface area contributed by atoms with Crippen molar-refractivity contribution in [3.63, 3.8) is 0 Å². The molecule has 1 aromatic rings. The summed E-state index contributed by atoms with van der Waals surface area (Å²) in [7, 11) is 0. The van der Waals surface area contributed by atoms with Crippen molar-refractivity contribution in [2.24, 2.45) is 5.11 Å². The van der Waals surface area contributed by atoms with Crippen LogP contribution in [-0.2, 0) is 4.74 Å². The van der Waals surface area contributed by atoms with Crippen LogP contribution in [0.4, 0.5) is 5.69 Å². The summed E-state index contributed by atoms with van der Waals surface area (Å²) in [5, 5.41) is 3.53. The quantitative estimate of drug-likeness (QED) is 0.286. The molecular formula is C12H15N3O2S. The number of esters is 1. The highest BCUT2D eigenvalue weighted by Crippen LogP contribution is 2.28. The summed E-state index contributed by atoms with van der Waals surface area (Å²) in [4.78, 5) is 15.3. The predicted molar refractivity (Wildman–Crippen MR) is 72.4 cm³/mol. The van der Waals surface area contributed by atoms with Gasteiger partial charge in [0.1, 0.15) is 5.60 Å². The van der Waals surface area contributed by atoms with E-state index in [-0.39, 0.29) is 0 Å². The minimum Gasteiger partial charge on any atom is -0.456 e. The standard InChI is InChI=1S/C12H15N3O2S/c1-7-9(11(16)17-12(2,3)4)5-8(18)6-10(7)14-15-13/h5-6,18H,1-4H3. The van der Waals surface area contributed by atoms with Gasteiger partial charge in [0.05, 0.1) is 5.56 Å². The monoisotopic (exact) mass is 265 g/mol. The van der Waals surface area contributed by atoms with Crippen LogP contribution >= 0.6 is 12.6 Å². The van der Waals surface area contributed by atoms with Crippen molar-refractivity contribution in [3.8, 4) is 0 Å². The van der Waals surface area contributed by atoms with Crippen molar-refractivity contribution in [2.45, 2.75) is 38.2 Å². The van der Waals surface area contributed by atoms with Crippen LogP contribution in [0.2, 0.25) is 0 Å². The molecule has 0 aliphatic rings. The maximum Gasteiger partial charge on any atom is 0.338 e. The zero-order chi connectivity index (χ0) is 13.9. The van der Waals surface area contributed by atoms with Gasteiger partial charge >= 0.3 is 5.97 Å². The first-order chi connectivity index (χ1) is 8.24. The van der Waals surface area contributed by atoms with Crippen molar-refractivity contribution in [2.75, 3.05) is 0 Å². The summed E-state index contributed by atoms with van der Waals surface area (Å²) in [6.45, 7) is 7.08. The third-order valence-electron chi connectivity index (χ3n) is 2.14. The molecule has 0 bridgehead atoms. The summed E-state index contributed by atoms with van der Waals surface area (Å²) in [5.74, 6) is -0.453. The second kappa shape index (κ2) is 5.33. The van der Waals surface area contributed by atoms with Crippen molar-refractivity contribution in [3.05, 3.63) is 33.7 Å². The number of carbonyl (C=O) groups excluding carboxylic acids is 1. The molecule has 0 atom stereocenters. The van der Waals surface area contributed by atoms with Gasteiger partial charge in [-0.25, -0.2) is 4.79 Å². The lowest BCUT2D eigenvalue weighted by molar-refractivity contribution is 0.00685. The highest BCUT2D eigenvalue weighted by molar-refractivity contribution is 7.80. The Morgan fingerprint density at radius 2 is 2.06 bits per heavy atom. The molecule has 0 saturated heterocycles. The van der Waals surface area contributed by atoms with E-state index in [9.17, 15) is 4.79 Å². The van der Waals surface area contributed by atoms with Crippen molar-refractivity contribution in [1.29, 1.82) is 0 Å². The average Bonchev–Trinajstić information content (AvgIpc) is 2.20. The van der Waals surface area contributed by atoms with E-state index in [4.69, 9.17) is 10.3 Å². The van der Waals surface area contributed by atoms with Gasteiger partial charge in [-0.3, -0.25) is 0 Å². The molecule has 18 heavy (non-hydrogen) atoms. The van der Waals surface area contributed by atoms with Crippen LogP contribution in [0.15, 0.2) is 22.1 Å². The van der Waals surface area contributed by atoms with Crippen LogP contribution in [-0.4, -0.2) is 11.6 Å². The van der Waals surface area contributed by atoms with Crippen LogP contribution in [0.3, 0.4) is 0 Å². The number of hydrogen-bond donors (Lipinski definition) is 1. The van der Waals surface area contributed by atoms with Crippen LogP contribution in [0, 0.1) is 6.92 Å². The zero-order valence-corrected chi connectivity index (χ0v) is 11.7. The van der Waals surface area contributed by atoms with Gasteiger partial charge in [0.2, 0.25) is 0 Å². The lowest BCUT2D eigenvalue weighted by Crippen LogP contribution is -2.24. The number of nitrogens with zero attached hydrogens (tertiary/aromatic N) is 3. The second-order valence-electron chi connectivity index (χ2n) is 4.83. The van der Waals surface area contributed by atoms with E-state index in [1.807, 2.05) is 0 Å². The Kier molecular flexibility index (Phi) is 4.27. The van der Waals surface area contributed by atoms with E-state index in [0.29, 0.717) is 21.7 Å². The molecule has 0 spiro atoms. The maximum atomic E-state index is 12.0. The average molecular weight is 265 g/mol. The summed E-state index contributed by atoms with van der Waals surface area (Å²) >= 11 is 4.18. The molecule has 0 unspecified atom stereocenters. The van der Waals surface area contributed by atoms with E-state index in [1.165, 1.54) is 0 Å². The van der Waals surface area contributed by atoms with Gasteiger partial charge in [-0.05, 0) is 50.9 Å². The molecule has 0 fully saturated rings. The van der Waals surface area contributed by atoms with E-state index < -0.39 is 11.6 Å². The Morgan fingerprint density at radius 3 is 2.56 bits per heavy atom. The first kappa shape index (κ1) is 14.4. The fraction of sp³-hybridized carbons (Fsp3) is 0.417. The number of thiol groups is 1. The molecule has 0 saturated carbocycles. The zero-order valence-electron chi connectivity index (χ0n) is 10.8. The summed E-state index contributed by atoms with van der Waals surface area (Å²) in [6.07, 6.45) is 0. The second-order valence-corrected chi connectivity index (χ2v) is 5.35. The molecular weight excluding hydrogens is 250 g/mol. The van der Waals surface area contributed by atoms with Gasteiger partial charge in [-0.2, -0.15) is 0 Å². The van der Waals surface area contributed by atoms with E-state index >= 15 is 0 Å². The molecule has 0 heterocycles. The highest BCUT2D eigenvalue weighted by atomic mass is 32.1. The Balaban J connectivity index is 3.24. The Labute approximate surface area is 111 Å². The molecule has 0 N–H and O–H groups in total. The molecule has 0 amide bonds. The number of benzene rings is 1. The lowest BCUT2D eigenvalue weighted by atomic mass is 10.1. The number of ether oxygens (including phenoxy) is 1. The number of carbonyl (C=O) groups is 1. The third kappa shape index (κ3) is 3.68. The van der Waals surface area contributed by atoms with Crippen molar-refractivity contribution >= 4 is 24.3 Å². The third-order valence-corrected chi connectivity index (χ3v) is 2.39. The molecule has 0 aliphatic carbocycles. The first-order valence-electron chi connectivity index (χ1n) is 5.36. The number of azide groups is 1. The molecule has 0 radical (unpaired) electrons. The van der Waals surface area contributed by atoms with E-state index in [2.05, 4.69) is 22.7 Å². The smallest absolute Gasteiger partial charge is 0.338 e. The minimum atomic E-state index is -0.575. The Bertz CT molecular complexity index is 529. The molecule has 5 nitrogen and oxygen atoms in total. The minimum absolute atomic E-state index is 0.361. The first-order valence-corrected chi connectivity index (χ1v) is 5.81. The topological polar surface area (TPSA) is 75.1 Å². The van der Waals surface area contributed by atoms with Gasteiger partial charge < -0.3 is 4.74 Å². The SMILES string of the molecule is Cc1c(N=[N+]=[N-])cc(S)cc1C(=O)OC(C)(C)C. The van der Waals surface area contributed by atoms with Crippen molar-refractivity contribution < 1.29 is 9.53 Å². The van der Waals surface area contributed by atoms with Gasteiger partial charge in [0.25, 0.3) is 0 Å². The number of hydrogen-bond acceptors (Lipinski definition) is 4. The highest BCUT2D eigenvalue weighted by Gasteiger charge is 2.20. The van der Waals surface area contributed by atoms with E-state index in [0.717, 1.165) is 0 Å². The Morgan fingerprint density at radius 1 is 1.44 bits per heavy atom. The predicted octanol–water partition coefficient (Wildman–Crippen LogP) is 4.18. The van der Waals surface area contributed by atoms with Gasteiger partial charge in [-0.15, -0.1) is 12.6 Å². The maximum absolute atomic E-state index is 12.0. The largest absolute Gasteiger partial charge is 0.456 e. The van der Waals surface area contributed by atoms with Crippen molar-refractivity contribution in [1.82, 2.24) is 0 Å². The van der Waals surface area contributed by atoms with E-state index in [1.54, 1.807) is 39.8 Å². The fourth-order valence-corrected chi connectivity index (χ4v) is 1.63. The lowest BCUT2D eigenvalue weighted by Gasteiger charge is -2.20. The summed E-state index contributed by atoms with van der Waals surface area (Å²) in [6, 6.07) is 3.20. The molecule has 1 aromatic carbocycles.